The Bertz CT molecular complexity index is 800. The third kappa shape index (κ3) is 4.55. The fourth-order valence-electron chi connectivity index (χ4n) is 2.63. The molecule has 0 bridgehead atoms. The van der Waals surface area contributed by atoms with Crippen molar-refractivity contribution in [1.29, 1.82) is 0 Å². The van der Waals surface area contributed by atoms with Gasteiger partial charge in [0, 0.05) is 19.9 Å². The Morgan fingerprint density at radius 3 is 2.48 bits per heavy atom. The SMILES string of the molecule is COC(CNC(=O)Cc1cnn(-c2ccccc2)c1)c1ccccc1. The molecule has 1 N–H and O–H groups in total. The normalized spacial score (nSPS) is 11.9. The average Bonchev–Trinajstić information content (AvgIpc) is 3.12. The van der Waals surface area contributed by atoms with E-state index in [1.54, 1.807) is 18.0 Å². The maximum atomic E-state index is 12.2. The van der Waals surface area contributed by atoms with E-state index in [4.69, 9.17) is 4.74 Å². The number of carbonyl (C=O) groups is 1. The maximum Gasteiger partial charge on any atom is 0.224 e. The molecule has 25 heavy (non-hydrogen) atoms. The third-order valence-corrected chi connectivity index (χ3v) is 3.96. The van der Waals surface area contributed by atoms with Gasteiger partial charge in [0.25, 0.3) is 0 Å². The lowest BCUT2D eigenvalue weighted by Crippen LogP contribution is -2.30. The summed E-state index contributed by atoms with van der Waals surface area (Å²) in [5.74, 6) is -0.0504. The summed E-state index contributed by atoms with van der Waals surface area (Å²) in [4.78, 5) is 12.2. The van der Waals surface area contributed by atoms with Gasteiger partial charge in [0.2, 0.25) is 5.91 Å². The monoisotopic (exact) mass is 335 g/mol. The van der Waals surface area contributed by atoms with E-state index in [0.29, 0.717) is 6.54 Å². The Labute approximate surface area is 147 Å². The lowest BCUT2D eigenvalue weighted by atomic mass is 10.1. The van der Waals surface area contributed by atoms with Crippen LogP contribution in [0.1, 0.15) is 17.2 Å². The molecule has 0 saturated heterocycles. The number of amides is 1. The van der Waals surface area contributed by atoms with Crippen molar-refractivity contribution in [2.24, 2.45) is 0 Å². The van der Waals surface area contributed by atoms with Crippen LogP contribution < -0.4 is 5.32 Å². The molecule has 0 fully saturated rings. The molecule has 0 aliphatic heterocycles. The molecule has 1 heterocycles. The van der Waals surface area contributed by atoms with Gasteiger partial charge in [-0.1, -0.05) is 48.5 Å². The van der Waals surface area contributed by atoms with Gasteiger partial charge in [-0.05, 0) is 23.3 Å². The number of aromatic nitrogens is 2. The zero-order valence-corrected chi connectivity index (χ0v) is 14.1. The Hall–Kier alpha value is -2.92. The lowest BCUT2D eigenvalue weighted by molar-refractivity contribution is -0.121. The highest BCUT2D eigenvalue weighted by Gasteiger charge is 2.12. The van der Waals surface area contributed by atoms with Crippen molar-refractivity contribution in [3.05, 3.63) is 84.2 Å². The van der Waals surface area contributed by atoms with Gasteiger partial charge in [-0.15, -0.1) is 0 Å². The fourth-order valence-corrected chi connectivity index (χ4v) is 2.63. The van der Waals surface area contributed by atoms with Crippen molar-refractivity contribution in [3.8, 4) is 5.69 Å². The number of hydrogen-bond acceptors (Lipinski definition) is 3. The molecule has 1 unspecified atom stereocenters. The molecule has 128 valence electrons. The predicted octanol–water partition coefficient (Wildman–Crippen LogP) is 2.92. The molecule has 1 atom stereocenters. The zero-order valence-electron chi connectivity index (χ0n) is 14.1. The van der Waals surface area contributed by atoms with E-state index in [0.717, 1.165) is 16.8 Å². The molecule has 0 radical (unpaired) electrons. The first kappa shape index (κ1) is 16.9. The Kier molecular flexibility index (Phi) is 5.59. The van der Waals surface area contributed by atoms with Crippen LogP contribution in [-0.2, 0) is 16.0 Å². The van der Waals surface area contributed by atoms with Gasteiger partial charge in [0.15, 0.2) is 0 Å². The Balaban J connectivity index is 1.55. The second-order valence-electron chi connectivity index (χ2n) is 5.74. The Morgan fingerprint density at radius 1 is 1.12 bits per heavy atom. The summed E-state index contributed by atoms with van der Waals surface area (Å²) in [5.41, 5.74) is 2.88. The van der Waals surface area contributed by atoms with Crippen LogP contribution in [0.5, 0.6) is 0 Å². The number of rotatable bonds is 7. The van der Waals surface area contributed by atoms with Crippen molar-refractivity contribution in [2.45, 2.75) is 12.5 Å². The predicted molar refractivity (Wildman–Crippen MR) is 96.5 cm³/mol. The molecule has 1 aromatic heterocycles. The number of carbonyl (C=O) groups excluding carboxylic acids is 1. The molecular weight excluding hydrogens is 314 g/mol. The topological polar surface area (TPSA) is 56.1 Å². The molecule has 3 aromatic rings. The molecule has 5 heteroatoms. The minimum atomic E-state index is -0.155. The third-order valence-electron chi connectivity index (χ3n) is 3.96. The molecule has 1 amide bonds. The summed E-state index contributed by atoms with van der Waals surface area (Å²) in [6, 6.07) is 19.7. The molecule has 0 spiro atoms. The molecule has 5 nitrogen and oxygen atoms in total. The number of ether oxygens (including phenoxy) is 1. The number of para-hydroxylation sites is 1. The number of hydrogen-bond donors (Lipinski definition) is 1. The second-order valence-corrected chi connectivity index (χ2v) is 5.74. The van der Waals surface area contributed by atoms with Crippen molar-refractivity contribution in [1.82, 2.24) is 15.1 Å². The maximum absolute atomic E-state index is 12.2. The van der Waals surface area contributed by atoms with Crippen LogP contribution in [0.3, 0.4) is 0 Å². The van der Waals surface area contributed by atoms with Gasteiger partial charge in [-0.25, -0.2) is 4.68 Å². The van der Waals surface area contributed by atoms with Crippen LogP contribution in [-0.4, -0.2) is 29.3 Å². The van der Waals surface area contributed by atoms with E-state index in [1.807, 2.05) is 66.9 Å². The minimum Gasteiger partial charge on any atom is -0.375 e. The van der Waals surface area contributed by atoms with Crippen LogP contribution >= 0.6 is 0 Å². The second kappa shape index (κ2) is 8.26. The van der Waals surface area contributed by atoms with Gasteiger partial charge in [0.05, 0.1) is 24.4 Å². The van der Waals surface area contributed by atoms with Crippen molar-refractivity contribution < 1.29 is 9.53 Å². The summed E-state index contributed by atoms with van der Waals surface area (Å²) in [5, 5.41) is 7.24. The molecule has 0 saturated carbocycles. The van der Waals surface area contributed by atoms with Crippen molar-refractivity contribution in [3.63, 3.8) is 0 Å². The van der Waals surface area contributed by atoms with E-state index < -0.39 is 0 Å². The van der Waals surface area contributed by atoms with Crippen LogP contribution in [0.25, 0.3) is 5.69 Å². The van der Waals surface area contributed by atoms with Gasteiger partial charge >= 0.3 is 0 Å². The van der Waals surface area contributed by atoms with Crippen LogP contribution in [0, 0.1) is 0 Å². The smallest absolute Gasteiger partial charge is 0.224 e. The lowest BCUT2D eigenvalue weighted by Gasteiger charge is -2.16. The van der Waals surface area contributed by atoms with E-state index in [1.165, 1.54) is 0 Å². The Morgan fingerprint density at radius 2 is 1.80 bits per heavy atom. The van der Waals surface area contributed by atoms with Gasteiger partial charge < -0.3 is 10.1 Å². The summed E-state index contributed by atoms with van der Waals surface area (Å²) in [6.45, 7) is 0.437. The number of nitrogens with one attached hydrogen (secondary N) is 1. The summed E-state index contributed by atoms with van der Waals surface area (Å²) in [7, 11) is 1.65. The quantitative estimate of drug-likeness (QED) is 0.722. The number of benzene rings is 2. The molecular formula is C20H21N3O2. The highest BCUT2D eigenvalue weighted by atomic mass is 16.5. The molecule has 0 aliphatic rings. The minimum absolute atomic E-state index is 0.0504. The first-order chi connectivity index (χ1) is 12.3. The van der Waals surface area contributed by atoms with Crippen molar-refractivity contribution >= 4 is 5.91 Å². The first-order valence-electron chi connectivity index (χ1n) is 8.19. The van der Waals surface area contributed by atoms with E-state index >= 15 is 0 Å². The van der Waals surface area contributed by atoms with Crippen LogP contribution in [0.4, 0.5) is 0 Å². The van der Waals surface area contributed by atoms with Gasteiger partial charge in [-0.2, -0.15) is 5.10 Å². The number of methoxy groups -OCH3 is 1. The van der Waals surface area contributed by atoms with Crippen molar-refractivity contribution in [2.75, 3.05) is 13.7 Å². The standard InChI is InChI=1S/C20H21N3O2/c1-25-19(17-8-4-2-5-9-17)14-21-20(24)12-16-13-22-23(15-16)18-10-6-3-7-11-18/h2-11,13,15,19H,12,14H2,1H3,(H,21,24). The van der Waals surface area contributed by atoms with E-state index in [-0.39, 0.29) is 18.4 Å². The van der Waals surface area contributed by atoms with E-state index in [2.05, 4.69) is 10.4 Å². The van der Waals surface area contributed by atoms with E-state index in [9.17, 15) is 4.79 Å². The number of nitrogens with zero attached hydrogens (tertiary/aromatic N) is 2. The molecule has 3 rings (SSSR count). The highest BCUT2D eigenvalue weighted by molar-refractivity contribution is 5.78. The largest absolute Gasteiger partial charge is 0.375 e. The average molecular weight is 335 g/mol. The molecule has 2 aromatic carbocycles. The van der Waals surface area contributed by atoms with Gasteiger partial charge in [-0.3, -0.25) is 4.79 Å². The molecule has 0 aliphatic carbocycles. The van der Waals surface area contributed by atoms with Crippen LogP contribution in [0.2, 0.25) is 0 Å². The highest BCUT2D eigenvalue weighted by Crippen LogP contribution is 2.15. The summed E-state index contributed by atoms with van der Waals surface area (Å²) >= 11 is 0. The fraction of sp³-hybridized carbons (Fsp3) is 0.200. The first-order valence-corrected chi connectivity index (χ1v) is 8.19. The summed E-state index contributed by atoms with van der Waals surface area (Å²) < 4.78 is 7.24. The zero-order chi connectivity index (χ0) is 17.5. The van der Waals surface area contributed by atoms with Crippen LogP contribution in [0.15, 0.2) is 73.1 Å². The van der Waals surface area contributed by atoms with Gasteiger partial charge in [0.1, 0.15) is 0 Å². The summed E-state index contributed by atoms with van der Waals surface area (Å²) in [6.07, 6.45) is 3.73.